The summed E-state index contributed by atoms with van der Waals surface area (Å²) in [6, 6.07) is 3.77. The van der Waals surface area contributed by atoms with Gasteiger partial charge in [-0.15, -0.1) is 0 Å². The molecule has 2 heterocycles. The molecule has 2 fully saturated rings. The Morgan fingerprint density at radius 1 is 1.10 bits per heavy atom. The lowest BCUT2D eigenvalue weighted by Gasteiger charge is -2.33. The molecule has 4 heteroatoms. The van der Waals surface area contributed by atoms with Crippen LogP contribution in [-0.4, -0.2) is 35.0 Å². The molecule has 1 saturated heterocycles. The Labute approximate surface area is 120 Å². The largest absolute Gasteiger partial charge is 0.490 e. The van der Waals surface area contributed by atoms with Crippen molar-refractivity contribution < 1.29 is 9.53 Å². The Kier molecular flexibility index (Phi) is 4.19. The molecule has 0 spiro atoms. The quantitative estimate of drug-likeness (QED) is 0.851. The topological polar surface area (TPSA) is 42.4 Å². The van der Waals surface area contributed by atoms with Crippen LogP contribution in [0.5, 0.6) is 5.75 Å². The van der Waals surface area contributed by atoms with E-state index in [0.29, 0.717) is 11.8 Å². The first-order valence-electron chi connectivity index (χ1n) is 7.68. The van der Waals surface area contributed by atoms with Gasteiger partial charge < -0.3 is 9.64 Å². The first kappa shape index (κ1) is 13.4. The minimum atomic E-state index is 0.227. The normalized spacial score (nSPS) is 21.1. The van der Waals surface area contributed by atoms with Gasteiger partial charge in [0.25, 0.3) is 0 Å². The molecule has 108 valence electrons. The second-order valence-electron chi connectivity index (χ2n) is 5.81. The van der Waals surface area contributed by atoms with E-state index < -0.39 is 0 Å². The highest BCUT2D eigenvalue weighted by Gasteiger charge is 2.30. The van der Waals surface area contributed by atoms with E-state index in [-0.39, 0.29) is 6.10 Å². The molecule has 0 bridgehead atoms. The van der Waals surface area contributed by atoms with E-state index in [0.717, 1.165) is 44.5 Å². The summed E-state index contributed by atoms with van der Waals surface area (Å²) in [6.07, 6.45) is 10.2. The molecule has 0 aromatic carbocycles. The van der Waals surface area contributed by atoms with E-state index in [2.05, 4.69) is 4.98 Å². The fourth-order valence-electron chi connectivity index (χ4n) is 3.23. The summed E-state index contributed by atoms with van der Waals surface area (Å²) in [5, 5.41) is 0. The minimum Gasteiger partial charge on any atom is -0.490 e. The van der Waals surface area contributed by atoms with Crippen molar-refractivity contribution in [1.29, 1.82) is 0 Å². The maximum absolute atomic E-state index is 12.3. The average Bonchev–Trinajstić information content (AvgIpc) is 3.03. The predicted molar refractivity (Wildman–Crippen MR) is 76.4 cm³/mol. The summed E-state index contributed by atoms with van der Waals surface area (Å²) in [6.45, 7) is 1.68. The van der Waals surface area contributed by atoms with Crippen molar-refractivity contribution >= 4 is 5.91 Å². The minimum absolute atomic E-state index is 0.227. The van der Waals surface area contributed by atoms with Gasteiger partial charge in [-0.05, 0) is 25.0 Å². The number of amides is 1. The molecule has 3 rings (SSSR count). The molecule has 1 aromatic heterocycles. The van der Waals surface area contributed by atoms with E-state index in [1.165, 1.54) is 12.8 Å². The number of ether oxygens (including phenoxy) is 1. The van der Waals surface area contributed by atoms with Gasteiger partial charge in [0.1, 0.15) is 11.9 Å². The Bertz CT molecular complexity index is 435. The molecule has 1 aromatic rings. The molecule has 1 saturated carbocycles. The number of rotatable bonds is 3. The summed E-state index contributed by atoms with van der Waals surface area (Å²) in [4.78, 5) is 18.4. The summed E-state index contributed by atoms with van der Waals surface area (Å²) < 4.78 is 5.93. The van der Waals surface area contributed by atoms with E-state index in [4.69, 9.17) is 4.74 Å². The van der Waals surface area contributed by atoms with Gasteiger partial charge in [0.2, 0.25) is 5.91 Å². The van der Waals surface area contributed by atoms with Crippen molar-refractivity contribution in [2.75, 3.05) is 13.1 Å². The third-order valence-corrected chi connectivity index (χ3v) is 4.41. The molecular formula is C16H22N2O2. The summed E-state index contributed by atoms with van der Waals surface area (Å²) in [7, 11) is 0. The van der Waals surface area contributed by atoms with Crippen LogP contribution in [0.25, 0.3) is 0 Å². The lowest BCUT2D eigenvalue weighted by Crippen LogP contribution is -2.43. The van der Waals surface area contributed by atoms with Crippen LogP contribution >= 0.6 is 0 Å². The van der Waals surface area contributed by atoms with Crippen LogP contribution in [0.15, 0.2) is 24.5 Å². The van der Waals surface area contributed by atoms with Crippen molar-refractivity contribution in [2.45, 2.75) is 44.6 Å². The highest BCUT2D eigenvalue weighted by atomic mass is 16.5. The number of piperidine rings is 1. The van der Waals surface area contributed by atoms with E-state index in [1.54, 1.807) is 12.4 Å². The SMILES string of the molecule is O=C(C1CCCC1)N1CCC(Oc2ccncc2)CC1. The fourth-order valence-corrected chi connectivity index (χ4v) is 3.23. The average molecular weight is 274 g/mol. The van der Waals surface area contributed by atoms with E-state index >= 15 is 0 Å². The van der Waals surface area contributed by atoms with Crippen LogP contribution in [0.2, 0.25) is 0 Å². The number of hydrogen-bond donors (Lipinski definition) is 0. The van der Waals surface area contributed by atoms with Crippen LogP contribution in [0, 0.1) is 5.92 Å². The van der Waals surface area contributed by atoms with Gasteiger partial charge in [-0.25, -0.2) is 0 Å². The van der Waals surface area contributed by atoms with Crippen molar-refractivity contribution in [3.63, 3.8) is 0 Å². The maximum atomic E-state index is 12.3. The molecule has 2 aliphatic rings. The molecule has 0 unspecified atom stereocenters. The van der Waals surface area contributed by atoms with Gasteiger partial charge >= 0.3 is 0 Å². The Balaban J connectivity index is 1.48. The highest BCUT2D eigenvalue weighted by Crippen LogP contribution is 2.28. The number of aromatic nitrogens is 1. The molecule has 0 N–H and O–H groups in total. The van der Waals surface area contributed by atoms with Crippen molar-refractivity contribution in [1.82, 2.24) is 9.88 Å². The number of carbonyl (C=O) groups excluding carboxylic acids is 1. The second kappa shape index (κ2) is 6.25. The Morgan fingerprint density at radius 2 is 1.75 bits per heavy atom. The van der Waals surface area contributed by atoms with Gasteiger partial charge in [-0.1, -0.05) is 12.8 Å². The van der Waals surface area contributed by atoms with Crippen molar-refractivity contribution in [2.24, 2.45) is 5.92 Å². The Hall–Kier alpha value is -1.58. The van der Waals surface area contributed by atoms with Crippen molar-refractivity contribution in [3.05, 3.63) is 24.5 Å². The molecule has 1 aliphatic carbocycles. The maximum Gasteiger partial charge on any atom is 0.225 e. The summed E-state index contributed by atoms with van der Waals surface area (Å²) in [5.74, 6) is 1.55. The van der Waals surface area contributed by atoms with Crippen molar-refractivity contribution in [3.8, 4) is 5.75 Å². The molecule has 1 aliphatic heterocycles. The Morgan fingerprint density at radius 3 is 2.40 bits per heavy atom. The van der Waals surface area contributed by atoms with Crippen LogP contribution in [0.4, 0.5) is 0 Å². The molecule has 20 heavy (non-hydrogen) atoms. The van der Waals surface area contributed by atoms with Gasteiger partial charge in [0, 0.05) is 44.2 Å². The first-order chi connectivity index (χ1) is 9.83. The van der Waals surface area contributed by atoms with Crippen LogP contribution in [0.3, 0.4) is 0 Å². The summed E-state index contributed by atoms with van der Waals surface area (Å²) in [5.41, 5.74) is 0. The summed E-state index contributed by atoms with van der Waals surface area (Å²) >= 11 is 0. The molecule has 0 radical (unpaired) electrons. The monoisotopic (exact) mass is 274 g/mol. The van der Waals surface area contributed by atoms with Gasteiger partial charge in [-0.3, -0.25) is 9.78 Å². The highest BCUT2D eigenvalue weighted by molar-refractivity contribution is 5.79. The fraction of sp³-hybridized carbons (Fsp3) is 0.625. The van der Waals surface area contributed by atoms with Gasteiger partial charge in [-0.2, -0.15) is 0 Å². The first-order valence-corrected chi connectivity index (χ1v) is 7.68. The zero-order valence-electron chi connectivity index (χ0n) is 11.8. The smallest absolute Gasteiger partial charge is 0.225 e. The number of nitrogens with zero attached hydrogens (tertiary/aromatic N) is 2. The number of carbonyl (C=O) groups is 1. The van der Waals surface area contributed by atoms with Crippen LogP contribution < -0.4 is 4.74 Å². The second-order valence-corrected chi connectivity index (χ2v) is 5.81. The van der Waals surface area contributed by atoms with Gasteiger partial charge in [0.05, 0.1) is 0 Å². The van der Waals surface area contributed by atoms with E-state index in [1.807, 2.05) is 17.0 Å². The van der Waals surface area contributed by atoms with Crippen LogP contribution in [0.1, 0.15) is 38.5 Å². The lowest BCUT2D eigenvalue weighted by molar-refractivity contribution is -0.137. The standard InChI is InChI=1S/C16H22N2O2/c19-16(13-3-1-2-4-13)18-11-7-15(8-12-18)20-14-5-9-17-10-6-14/h5-6,9-10,13,15H,1-4,7-8,11-12H2. The number of hydrogen-bond acceptors (Lipinski definition) is 3. The van der Waals surface area contributed by atoms with E-state index in [9.17, 15) is 4.79 Å². The third-order valence-electron chi connectivity index (χ3n) is 4.41. The molecular weight excluding hydrogens is 252 g/mol. The molecule has 1 amide bonds. The number of pyridine rings is 1. The number of likely N-dealkylation sites (tertiary alicyclic amines) is 1. The zero-order chi connectivity index (χ0) is 13.8. The third kappa shape index (κ3) is 3.11. The van der Waals surface area contributed by atoms with Gasteiger partial charge in [0.15, 0.2) is 0 Å². The van der Waals surface area contributed by atoms with Crippen LogP contribution in [-0.2, 0) is 4.79 Å². The lowest BCUT2D eigenvalue weighted by atomic mass is 10.0. The molecule has 0 atom stereocenters. The molecule has 4 nitrogen and oxygen atoms in total. The predicted octanol–water partition coefficient (Wildman–Crippen LogP) is 2.64. The zero-order valence-corrected chi connectivity index (χ0v) is 11.8.